The zero-order valence-corrected chi connectivity index (χ0v) is 6.37. The Bertz CT molecular complexity index is 8.00. The third kappa shape index (κ3) is 9.02. The first-order chi connectivity index (χ1) is 0. The molecule has 0 amide bonds. The molecule has 0 N–H and O–H groups in total. The minimum absolute atomic E-state index is 0. The monoisotopic (exact) mass is 216 g/mol. The van der Waals surface area contributed by atoms with Crippen LogP contribution in [0.4, 0.5) is 0 Å². The van der Waals surface area contributed by atoms with Crippen LogP contribution in [-0.2, 0) is 60.1 Å². The molecule has 0 aliphatic rings. The van der Waals surface area contributed by atoms with Gasteiger partial charge < -0.3 is 0 Å². The smallest absolute Gasteiger partial charge is 0 e. The van der Waals surface area contributed by atoms with Crippen LogP contribution in [0, 0.1) is 0 Å². The van der Waals surface area contributed by atoms with Gasteiger partial charge in [0.1, 0.15) is 0 Å². The number of rotatable bonds is 0. The van der Waals surface area contributed by atoms with Gasteiger partial charge in [-0.3, -0.25) is 0 Å². The molecule has 0 heterocycles. The van der Waals surface area contributed by atoms with E-state index in [4.69, 9.17) is 0 Å². The molecule has 0 saturated carbocycles. The van der Waals surface area contributed by atoms with Crippen molar-refractivity contribution in [2.45, 2.75) is 0 Å². The fourth-order valence-corrected chi connectivity index (χ4v) is 0. The maximum absolute atomic E-state index is 0. The Hall–Kier alpha value is 1.97. The van der Waals surface area contributed by atoms with E-state index in [9.17, 15) is 0 Å². The van der Waals surface area contributed by atoms with Gasteiger partial charge in [-0.15, -0.1) is 0 Å². The zero-order valence-electron chi connectivity index (χ0n) is 1.76. The first-order valence-corrected chi connectivity index (χ1v) is 0. The molecule has 24 valence electrons. The molecular weight excluding hydrogens is 217 g/mol. The van der Waals surface area contributed by atoms with Crippen molar-refractivity contribution in [2.75, 3.05) is 0 Å². The minimum Gasteiger partial charge on any atom is 0 e. The van der Waals surface area contributed by atoms with Crippen LogP contribution >= 0.6 is 0 Å². The second-order valence-corrected chi connectivity index (χ2v) is 0. The topological polar surface area (TPSA) is 0 Å². The van der Waals surface area contributed by atoms with Gasteiger partial charge in [0, 0.05) is 68.5 Å². The summed E-state index contributed by atoms with van der Waals surface area (Å²) in [7, 11) is 0. The van der Waals surface area contributed by atoms with Gasteiger partial charge in [0.2, 0.25) is 0 Å². The van der Waals surface area contributed by atoms with Gasteiger partial charge in [0.15, 0.2) is 0 Å². The Morgan fingerprint density at radius 3 is 1.00 bits per heavy atom. The van der Waals surface area contributed by atoms with E-state index in [1.165, 1.54) is 0 Å². The molecule has 4 heavy (non-hydrogen) atoms. The quantitative estimate of drug-likeness (QED) is 0.484. The first-order valence-electron chi connectivity index (χ1n) is 0. The Kier molecular flexibility index (Phi) is 191. The molecule has 0 aromatic heterocycles. The van der Waals surface area contributed by atoms with Gasteiger partial charge in [-0.2, -0.15) is 0 Å². The largest absolute Gasteiger partial charge is 0 e. The standard InChI is InChI=1S/B.Co.Fe.Zr. The average molecular weight is 217 g/mol. The molecule has 0 fully saturated rings. The van der Waals surface area contributed by atoms with Crippen LogP contribution in [0.5, 0.6) is 0 Å². The van der Waals surface area contributed by atoms with Gasteiger partial charge in [0.25, 0.3) is 0 Å². The molecule has 4 radical (unpaired) electrons. The third-order valence-electron chi connectivity index (χ3n) is 0. The molecule has 0 aliphatic carbocycles. The van der Waals surface area contributed by atoms with Crippen molar-refractivity contribution < 1.29 is 60.1 Å². The average Bonchev–Trinajstić information content (AvgIpc) is 0. The van der Waals surface area contributed by atoms with E-state index in [0.717, 1.165) is 0 Å². The Morgan fingerprint density at radius 1 is 1.00 bits per heavy atom. The molecule has 0 spiro atoms. The van der Waals surface area contributed by atoms with Crippen LogP contribution in [0.2, 0.25) is 0 Å². The summed E-state index contributed by atoms with van der Waals surface area (Å²) in [5.41, 5.74) is 0. The van der Waals surface area contributed by atoms with E-state index < -0.39 is 0 Å². The summed E-state index contributed by atoms with van der Waals surface area (Å²) in [5.74, 6) is 0. The van der Waals surface area contributed by atoms with Crippen LogP contribution in [0.3, 0.4) is 0 Å². The molecule has 0 unspecified atom stereocenters. The Morgan fingerprint density at radius 2 is 1.00 bits per heavy atom. The van der Waals surface area contributed by atoms with Gasteiger partial charge in [-0.05, 0) is 0 Å². The van der Waals surface area contributed by atoms with Crippen molar-refractivity contribution in [3.8, 4) is 0 Å². The normalized spacial score (nSPS) is 0. The molecule has 0 bridgehead atoms. The summed E-state index contributed by atoms with van der Waals surface area (Å²) in [4.78, 5) is 0. The Labute approximate surface area is 67.9 Å². The van der Waals surface area contributed by atoms with E-state index in [-0.39, 0.29) is 68.5 Å². The molecule has 0 aliphatic heterocycles. The van der Waals surface area contributed by atoms with Crippen molar-refractivity contribution in [2.24, 2.45) is 0 Å². The maximum Gasteiger partial charge on any atom is 0 e. The zero-order chi connectivity index (χ0) is 0. The molecule has 0 aromatic rings. The van der Waals surface area contributed by atoms with E-state index in [1.54, 1.807) is 0 Å². The van der Waals surface area contributed by atoms with Crippen LogP contribution in [0.15, 0.2) is 0 Å². The van der Waals surface area contributed by atoms with Gasteiger partial charge in [-0.25, -0.2) is 0 Å². The van der Waals surface area contributed by atoms with Gasteiger partial charge in [-0.1, -0.05) is 0 Å². The van der Waals surface area contributed by atoms with Crippen molar-refractivity contribution in [3.05, 3.63) is 0 Å². The molecule has 4 heteroatoms. The van der Waals surface area contributed by atoms with Gasteiger partial charge in [0.05, 0.1) is 0 Å². The van der Waals surface area contributed by atoms with Crippen LogP contribution in [0.1, 0.15) is 0 Å². The third-order valence-corrected chi connectivity index (χ3v) is 0. The summed E-state index contributed by atoms with van der Waals surface area (Å²) in [6.07, 6.45) is 0. The minimum atomic E-state index is 0. The van der Waals surface area contributed by atoms with Crippen LogP contribution < -0.4 is 0 Å². The number of hydrogen-bond acceptors (Lipinski definition) is 0. The molecule has 0 saturated heterocycles. The van der Waals surface area contributed by atoms with Crippen molar-refractivity contribution in [1.29, 1.82) is 0 Å². The molecular formula is BCoFeZr. The Balaban J connectivity index is 0. The summed E-state index contributed by atoms with van der Waals surface area (Å²) < 4.78 is 0. The van der Waals surface area contributed by atoms with Crippen LogP contribution in [0.25, 0.3) is 0 Å². The van der Waals surface area contributed by atoms with E-state index in [1.807, 2.05) is 0 Å². The fraction of sp³-hybridized carbons (Fsp3) is 0. The van der Waals surface area contributed by atoms with Gasteiger partial charge >= 0.3 is 0 Å². The first kappa shape index (κ1) is 37.9. The number of hydrogen-bond donors (Lipinski definition) is 0. The van der Waals surface area contributed by atoms with E-state index in [2.05, 4.69) is 0 Å². The molecule has 0 rings (SSSR count). The van der Waals surface area contributed by atoms with E-state index in [0.29, 0.717) is 0 Å². The summed E-state index contributed by atoms with van der Waals surface area (Å²) >= 11 is 0. The van der Waals surface area contributed by atoms with Crippen molar-refractivity contribution in [1.82, 2.24) is 0 Å². The fourth-order valence-electron chi connectivity index (χ4n) is 0. The SMILES string of the molecule is [B].[Co].[Fe].[Zr]. The summed E-state index contributed by atoms with van der Waals surface area (Å²) in [6.45, 7) is 0. The summed E-state index contributed by atoms with van der Waals surface area (Å²) in [5, 5.41) is 0. The van der Waals surface area contributed by atoms with Crippen molar-refractivity contribution >= 4 is 8.41 Å². The second-order valence-electron chi connectivity index (χ2n) is 0. The second kappa shape index (κ2) is 20.2. The molecule has 0 aromatic carbocycles. The molecule has 0 atom stereocenters. The maximum atomic E-state index is 0. The predicted octanol–water partition coefficient (Wildman–Crippen LogP) is -0.388. The van der Waals surface area contributed by atoms with E-state index >= 15 is 0 Å². The summed E-state index contributed by atoms with van der Waals surface area (Å²) in [6, 6.07) is 0. The van der Waals surface area contributed by atoms with Crippen molar-refractivity contribution in [3.63, 3.8) is 0 Å². The molecule has 0 nitrogen and oxygen atoms in total. The van der Waals surface area contributed by atoms with Crippen LogP contribution in [-0.4, -0.2) is 8.41 Å². The predicted molar refractivity (Wildman–Crippen MR) is 5.75 cm³/mol.